The molecule has 0 atom stereocenters. The van der Waals surface area contributed by atoms with Gasteiger partial charge >= 0.3 is 0 Å². The Hall–Kier alpha value is -5.84. The van der Waals surface area contributed by atoms with Crippen molar-refractivity contribution >= 4 is 97.2 Å². The van der Waals surface area contributed by atoms with Crippen molar-refractivity contribution in [1.82, 2.24) is 4.57 Å². The number of furan rings is 2. The van der Waals surface area contributed by atoms with Crippen molar-refractivity contribution in [3.05, 3.63) is 140 Å². The van der Waals surface area contributed by atoms with Crippen molar-refractivity contribution in [3.63, 3.8) is 0 Å². The summed E-state index contributed by atoms with van der Waals surface area (Å²) in [6, 6.07) is 49.7. The Morgan fingerprint density at radius 3 is 1.80 bits per heavy atom. The van der Waals surface area contributed by atoms with E-state index in [4.69, 9.17) is 8.83 Å². The first-order chi connectivity index (χ1) is 22.8. The molecule has 0 fully saturated rings. The molecular weight excluding hydrogens is 583 g/mol. The van der Waals surface area contributed by atoms with Gasteiger partial charge in [0, 0.05) is 47.5 Å². The topological polar surface area (TPSA) is 31.2 Å². The molecule has 0 aliphatic carbocycles. The fourth-order valence-electron chi connectivity index (χ4n) is 7.72. The minimum Gasteiger partial charge on any atom is -0.455 e. The molecule has 4 heterocycles. The first kappa shape index (κ1) is 24.5. The molecule has 0 saturated carbocycles. The van der Waals surface area contributed by atoms with Crippen molar-refractivity contribution in [2.75, 3.05) is 0 Å². The van der Waals surface area contributed by atoms with Gasteiger partial charge in [-0.3, -0.25) is 0 Å². The molecule has 0 radical (unpaired) electrons. The van der Waals surface area contributed by atoms with Crippen molar-refractivity contribution in [2.24, 2.45) is 0 Å². The molecular formula is C42H23NO2S. The summed E-state index contributed by atoms with van der Waals surface area (Å²) in [7, 11) is 0. The molecule has 11 aromatic rings. The van der Waals surface area contributed by atoms with Crippen molar-refractivity contribution in [1.29, 1.82) is 0 Å². The monoisotopic (exact) mass is 605 g/mol. The molecule has 0 aliphatic rings. The maximum Gasteiger partial charge on any atom is 0.149 e. The van der Waals surface area contributed by atoms with Crippen LogP contribution in [0.25, 0.3) is 103 Å². The number of rotatable bonds is 2. The molecule has 11 rings (SSSR count). The summed E-state index contributed by atoms with van der Waals surface area (Å²) in [4.78, 5) is 0. The number of benzene rings is 7. The number of nitrogens with zero attached hydrogens (tertiary/aromatic N) is 1. The smallest absolute Gasteiger partial charge is 0.149 e. The van der Waals surface area contributed by atoms with E-state index in [0.717, 1.165) is 71.4 Å². The number of para-hydroxylation sites is 4. The highest BCUT2D eigenvalue weighted by Gasteiger charge is 2.27. The number of thiophene rings is 1. The van der Waals surface area contributed by atoms with Crippen LogP contribution in [0, 0.1) is 0 Å². The Morgan fingerprint density at radius 2 is 1.00 bits per heavy atom. The van der Waals surface area contributed by atoms with Gasteiger partial charge in [0.05, 0.1) is 32.9 Å². The van der Waals surface area contributed by atoms with Crippen LogP contribution in [0.3, 0.4) is 0 Å². The third-order valence-corrected chi connectivity index (χ3v) is 10.8. The summed E-state index contributed by atoms with van der Waals surface area (Å²) >= 11 is 1.87. The lowest BCUT2D eigenvalue weighted by Crippen LogP contribution is -1.97. The zero-order valence-electron chi connectivity index (χ0n) is 24.5. The lowest BCUT2D eigenvalue weighted by molar-refractivity contribution is 0.665. The van der Waals surface area contributed by atoms with Gasteiger partial charge in [-0.05, 0) is 30.3 Å². The van der Waals surface area contributed by atoms with E-state index < -0.39 is 0 Å². The average Bonchev–Trinajstić information content (AvgIpc) is 3.86. The number of aromatic nitrogens is 1. The Morgan fingerprint density at radius 1 is 0.435 bits per heavy atom. The molecule has 0 unspecified atom stereocenters. The molecule has 4 aromatic heterocycles. The van der Waals surface area contributed by atoms with E-state index in [1.54, 1.807) is 0 Å². The van der Waals surface area contributed by atoms with E-state index >= 15 is 0 Å². The Bertz CT molecular complexity index is 3010. The summed E-state index contributed by atoms with van der Waals surface area (Å²) in [6.45, 7) is 0. The van der Waals surface area contributed by atoms with E-state index in [-0.39, 0.29) is 0 Å². The van der Waals surface area contributed by atoms with Crippen LogP contribution >= 0.6 is 11.3 Å². The van der Waals surface area contributed by atoms with Crippen molar-refractivity contribution < 1.29 is 8.83 Å². The zero-order valence-corrected chi connectivity index (χ0v) is 25.3. The summed E-state index contributed by atoms with van der Waals surface area (Å²) in [6.07, 6.45) is 0. The van der Waals surface area contributed by atoms with E-state index in [1.807, 2.05) is 23.5 Å². The van der Waals surface area contributed by atoms with Crippen LogP contribution in [-0.4, -0.2) is 4.57 Å². The second-order valence-corrected chi connectivity index (χ2v) is 13.0. The van der Waals surface area contributed by atoms with Crippen LogP contribution in [0.2, 0.25) is 0 Å². The molecule has 0 aliphatic heterocycles. The van der Waals surface area contributed by atoms with Gasteiger partial charge in [0.25, 0.3) is 0 Å². The van der Waals surface area contributed by atoms with Gasteiger partial charge in [0.2, 0.25) is 0 Å². The second-order valence-electron chi connectivity index (χ2n) is 12.0. The third kappa shape index (κ3) is 3.06. The summed E-state index contributed by atoms with van der Waals surface area (Å²) in [5.74, 6) is 0. The van der Waals surface area contributed by atoms with E-state index in [0.29, 0.717) is 0 Å². The van der Waals surface area contributed by atoms with Gasteiger partial charge in [-0.25, -0.2) is 0 Å². The highest BCUT2D eigenvalue weighted by molar-refractivity contribution is 7.26. The van der Waals surface area contributed by atoms with Crippen LogP contribution < -0.4 is 0 Å². The maximum atomic E-state index is 6.76. The SMILES string of the molecule is c1ccc(-n2c3ccccc3c3c4oc5ccccc5c4c4oc5ccccc5c4c32)c(-c2cccc3c2sc2ccccc23)c1. The van der Waals surface area contributed by atoms with Crippen molar-refractivity contribution in [3.8, 4) is 16.8 Å². The van der Waals surface area contributed by atoms with Gasteiger partial charge in [0.15, 0.2) is 0 Å². The van der Waals surface area contributed by atoms with Crippen LogP contribution in [0.4, 0.5) is 0 Å². The first-order valence-corrected chi connectivity index (χ1v) is 16.3. The number of hydrogen-bond acceptors (Lipinski definition) is 3. The summed E-state index contributed by atoms with van der Waals surface area (Å²) < 4.78 is 18.6. The fourth-order valence-corrected chi connectivity index (χ4v) is 8.95. The predicted octanol–water partition coefficient (Wildman–Crippen LogP) is 12.6. The standard InChI is InChI=1S/C42H23NO2S/c1-6-19-31(24(12-1)26-17-11-18-27-25-13-5-10-23-35(25)46-42(26)27)43-32-20-7-2-14-28(32)36-39(43)37-29-15-3-8-21-33(29)44-41(37)38-30-16-4-9-22-34(30)45-40(36)38/h1-23H. The van der Waals surface area contributed by atoms with Crippen LogP contribution in [0.5, 0.6) is 0 Å². The minimum absolute atomic E-state index is 0.862. The first-order valence-electron chi connectivity index (χ1n) is 15.5. The molecule has 0 spiro atoms. The van der Waals surface area contributed by atoms with E-state index in [2.05, 4.69) is 132 Å². The quantitative estimate of drug-likeness (QED) is 0.196. The third-order valence-electron chi connectivity index (χ3n) is 9.60. The average molecular weight is 606 g/mol. The zero-order chi connectivity index (χ0) is 29.9. The molecule has 0 amide bonds. The molecule has 0 bridgehead atoms. The fraction of sp³-hybridized carbons (Fsp3) is 0. The normalized spacial score (nSPS) is 12.3. The lowest BCUT2D eigenvalue weighted by Gasteiger charge is -2.15. The van der Waals surface area contributed by atoms with Gasteiger partial charge < -0.3 is 13.4 Å². The lowest BCUT2D eigenvalue weighted by atomic mass is 10.00. The summed E-state index contributed by atoms with van der Waals surface area (Å²) in [5.41, 5.74) is 9.24. The second kappa shape index (κ2) is 8.87. The minimum atomic E-state index is 0.862. The molecule has 3 nitrogen and oxygen atoms in total. The molecule has 214 valence electrons. The Labute approximate surface area is 266 Å². The van der Waals surface area contributed by atoms with E-state index in [9.17, 15) is 0 Å². The number of fused-ring (bicyclic) bond motifs is 15. The molecule has 46 heavy (non-hydrogen) atoms. The van der Waals surface area contributed by atoms with Gasteiger partial charge in [-0.2, -0.15) is 0 Å². The van der Waals surface area contributed by atoms with Crippen molar-refractivity contribution in [2.45, 2.75) is 0 Å². The van der Waals surface area contributed by atoms with Crippen LogP contribution in [-0.2, 0) is 0 Å². The van der Waals surface area contributed by atoms with Gasteiger partial charge in [-0.15, -0.1) is 11.3 Å². The maximum absolute atomic E-state index is 6.76. The molecule has 0 saturated heterocycles. The van der Waals surface area contributed by atoms with Crippen LogP contribution in [0.15, 0.2) is 148 Å². The van der Waals surface area contributed by atoms with E-state index in [1.165, 1.54) is 31.3 Å². The Balaban J connectivity index is 1.37. The molecule has 0 N–H and O–H groups in total. The largest absolute Gasteiger partial charge is 0.455 e. The number of hydrogen-bond donors (Lipinski definition) is 0. The molecule has 4 heteroatoms. The van der Waals surface area contributed by atoms with Gasteiger partial charge in [-0.1, -0.05) is 109 Å². The van der Waals surface area contributed by atoms with Gasteiger partial charge in [0.1, 0.15) is 22.3 Å². The molecule has 7 aromatic carbocycles. The predicted molar refractivity (Wildman–Crippen MR) is 194 cm³/mol. The highest BCUT2D eigenvalue weighted by Crippen LogP contribution is 2.50. The van der Waals surface area contributed by atoms with Crippen LogP contribution in [0.1, 0.15) is 0 Å². The summed E-state index contributed by atoms with van der Waals surface area (Å²) in [5, 5.41) is 9.16. The highest BCUT2D eigenvalue weighted by atomic mass is 32.1. The Kier molecular flexibility index (Phi) is 4.72.